The van der Waals surface area contributed by atoms with E-state index in [2.05, 4.69) is 26.1 Å². The number of nitrogens with one attached hydrogen (secondary N) is 1. The van der Waals surface area contributed by atoms with E-state index in [1.165, 1.54) is 276 Å². The van der Waals surface area contributed by atoms with Crippen LogP contribution in [0.2, 0.25) is 0 Å². The summed E-state index contributed by atoms with van der Waals surface area (Å²) in [5.74, 6) is -0.440. The number of unbranched alkanes of at least 4 members (excludes halogenated alkanes) is 46. The van der Waals surface area contributed by atoms with Crippen LogP contribution in [0, 0.1) is 0 Å². The molecule has 1 amide bonds. The molecular weight excluding hydrogens is 839 g/mol. The van der Waals surface area contributed by atoms with Gasteiger partial charge >= 0.3 is 5.97 Å². The Morgan fingerprint density at radius 1 is 0.368 bits per heavy atom. The Labute approximate surface area is 426 Å². The summed E-state index contributed by atoms with van der Waals surface area (Å²) in [4.78, 5) is 26.3. The third-order valence-electron chi connectivity index (χ3n) is 14.9. The molecule has 0 spiro atoms. The molecule has 0 aliphatic heterocycles. The zero-order valence-corrected chi connectivity index (χ0v) is 46.5. The van der Waals surface area contributed by atoms with E-state index >= 15 is 0 Å². The molecule has 6 nitrogen and oxygen atoms in total. The van der Waals surface area contributed by atoms with Crippen LogP contribution in [0.15, 0.2) is 0 Å². The lowest BCUT2D eigenvalue weighted by molar-refractivity contribution is -0.151. The summed E-state index contributed by atoms with van der Waals surface area (Å²) in [6, 6.07) is -0.694. The van der Waals surface area contributed by atoms with E-state index in [9.17, 15) is 19.8 Å². The Morgan fingerprint density at radius 2 is 0.618 bits per heavy atom. The number of amides is 1. The standard InChI is InChI=1S/C62H123NO5/c1-4-7-10-13-16-19-22-25-28-30-31-34-37-40-43-46-49-52-55-62(67)68-58(53-50-47-44-41-38-35-32-27-24-21-18-15-12-9-6-3)56-61(66)63-59(57-64)60(65)54-51-48-45-42-39-36-33-29-26-23-20-17-14-11-8-5-2/h58-60,64-65H,4-57H2,1-3H3,(H,63,66). The molecule has 0 saturated heterocycles. The summed E-state index contributed by atoms with van der Waals surface area (Å²) >= 11 is 0. The van der Waals surface area contributed by atoms with Gasteiger partial charge in [-0.3, -0.25) is 9.59 Å². The first kappa shape index (κ1) is 66.9. The van der Waals surface area contributed by atoms with Crippen molar-refractivity contribution in [2.24, 2.45) is 0 Å². The second kappa shape index (κ2) is 56.8. The Bertz CT molecular complexity index is 990. The van der Waals surface area contributed by atoms with E-state index in [-0.39, 0.29) is 24.9 Å². The molecule has 0 aliphatic rings. The number of carbonyl (C=O) groups is 2. The molecule has 0 fully saturated rings. The number of ether oxygens (including phenoxy) is 1. The van der Waals surface area contributed by atoms with Crippen LogP contribution in [-0.2, 0) is 14.3 Å². The third kappa shape index (κ3) is 51.2. The van der Waals surface area contributed by atoms with Gasteiger partial charge in [-0.1, -0.05) is 323 Å². The summed E-state index contributed by atoms with van der Waals surface area (Å²) in [5.41, 5.74) is 0. The van der Waals surface area contributed by atoms with Crippen molar-refractivity contribution in [3.63, 3.8) is 0 Å². The molecule has 0 radical (unpaired) electrons. The molecule has 0 bridgehead atoms. The maximum Gasteiger partial charge on any atom is 0.306 e. The lowest BCUT2D eigenvalue weighted by atomic mass is 10.0. The van der Waals surface area contributed by atoms with Crippen molar-refractivity contribution in [1.29, 1.82) is 0 Å². The minimum Gasteiger partial charge on any atom is -0.462 e. The van der Waals surface area contributed by atoms with Gasteiger partial charge in [0.25, 0.3) is 0 Å². The second-order valence-corrected chi connectivity index (χ2v) is 21.8. The maximum atomic E-state index is 13.3. The third-order valence-corrected chi connectivity index (χ3v) is 14.9. The number of aliphatic hydroxyl groups is 2. The molecule has 3 N–H and O–H groups in total. The van der Waals surface area contributed by atoms with E-state index in [0.717, 1.165) is 38.5 Å². The van der Waals surface area contributed by atoms with Crippen molar-refractivity contribution >= 4 is 11.9 Å². The fourth-order valence-electron chi connectivity index (χ4n) is 10.2. The van der Waals surface area contributed by atoms with Crippen LogP contribution in [0.5, 0.6) is 0 Å². The SMILES string of the molecule is CCCCCCCCCCCCCCCCCCCCC(=O)OC(CCCCCCCCCCCCCCCCC)CC(=O)NC(CO)C(O)CCCCCCCCCCCCCCCCCC. The van der Waals surface area contributed by atoms with Gasteiger partial charge in [0.05, 0.1) is 25.2 Å². The topological polar surface area (TPSA) is 95.9 Å². The fourth-order valence-corrected chi connectivity index (χ4v) is 10.2. The van der Waals surface area contributed by atoms with Gasteiger partial charge in [0.1, 0.15) is 6.10 Å². The van der Waals surface area contributed by atoms with Gasteiger partial charge in [-0.05, 0) is 25.7 Å². The van der Waals surface area contributed by atoms with Crippen LogP contribution in [0.1, 0.15) is 361 Å². The fraction of sp³-hybridized carbons (Fsp3) is 0.968. The number of carbonyl (C=O) groups excluding carboxylic acids is 2. The predicted molar refractivity (Wildman–Crippen MR) is 297 cm³/mol. The van der Waals surface area contributed by atoms with E-state index < -0.39 is 18.2 Å². The molecule has 3 unspecified atom stereocenters. The van der Waals surface area contributed by atoms with E-state index in [1.807, 2.05) is 0 Å². The lowest BCUT2D eigenvalue weighted by Crippen LogP contribution is -2.46. The van der Waals surface area contributed by atoms with Crippen molar-refractivity contribution in [1.82, 2.24) is 5.32 Å². The van der Waals surface area contributed by atoms with E-state index in [1.54, 1.807) is 0 Å². The summed E-state index contributed by atoms with van der Waals surface area (Å²) in [5, 5.41) is 24.0. The van der Waals surface area contributed by atoms with Crippen LogP contribution >= 0.6 is 0 Å². The van der Waals surface area contributed by atoms with Crippen molar-refractivity contribution in [2.45, 2.75) is 379 Å². The van der Waals surface area contributed by atoms with Crippen LogP contribution in [0.3, 0.4) is 0 Å². The molecule has 6 heteroatoms. The van der Waals surface area contributed by atoms with Crippen molar-refractivity contribution in [2.75, 3.05) is 6.61 Å². The number of hydrogen-bond donors (Lipinski definition) is 3. The molecule has 0 heterocycles. The van der Waals surface area contributed by atoms with Gasteiger partial charge in [0, 0.05) is 6.42 Å². The summed E-state index contributed by atoms with van der Waals surface area (Å²) in [6.45, 7) is 6.55. The van der Waals surface area contributed by atoms with Gasteiger partial charge in [-0.15, -0.1) is 0 Å². The van der Waals surface area contributed by atoms with Crippen molar-refractivity contribution in [3.8, 4) is 0 Å². The molecule has 0 aliphatic carbocycles. The maximum absolute atomic E-state index is 13.3. The Hall–Kier alpha value is -1.14. The van der Waals surface area contributed by atoms with Crippen LogP contribution in [0.4, 0.5) is 0 Å². The van der Waals surface area contributed by atoms with Gasteiger partial charge in [-0.25, -0.2) is 0 Å². The van der Waals surface area contributed by atoms with Crippen molar-refractivity contribution in [3.05, 3.63) is 0 Å². The Morgan fingerprint density at radius 3 is 0.897 bits per heavy atom. The summed E-state index contributed by atoms with van der Waals surface area (Å²) in [6.07, 6.45) is 64.6. The normalized spacial score (nSPS) is 13.0. The first-order chi connectivity index (χ1) is 33.5. The monoisotopic (exact) mass is 962 g/mol. The predicted octanol–water partition coefficient (Wildman–Crippen LogP) is 19.5. The summed E-state index contributed by atoms with van der Waals surface area (Å²) < 4.78 is 5.99. The number of aliphatic hydroxyl groups excluding tert-OH is 2. The zero-order valence-electron chi connectivity index (χ0n) is 46.5. The molecule has 406 valence electrons. The molecule has 3 atom stereocenters. The van der Waals surface area contributed by atoms with Crippen LogP contribution in [-0.4, -0.2) is 46.9 Å². The van der Waals surface area contributed by atoms with Gasteiger partial charge in [0.15, 0.2) is 0 Å². The average molecular weight is 963 g/mol. The van der Waals surface area contributed by atoms with Crippen LogP contribution in [0.25, 0.3) is 0 Å². The van der Waals surface area contributed by atoms with Gasteiger partial charge in [0.2, 0.25) is 5.91 Å². The van der Waals surface area contributed by atoms with E-state index in [0.29, 0.717) is 19.3 Å². The lowest BCUT2D eigenvalue weighted by Gasteiger charge is -2.24. The highest BCUT2D eigenvalue weighted by atomic mass is 16.5. The smallest absolute Gasteiger partial charge is 0.306 e. The quantitative estimate of drug-likeness (QED) is 0.0417. The van der Waals surface area contributed by atoms with Gasteiger partial charge in [-0.2, -0.15) is 0 Å². The molecule has 0 aromatic heterocycles. The summed E-state index contributed by atoms with van der Waals surface area (Å²) in [7, 11) is 0. The molecule has 0 saturated carbocycles. The number of rotatable bonds is 58. The highest BCUT2D eigenvalue weighted by molar-refractivity contribution is 5.77. The van der Waals surface area contributed by atoms with Gasteiger partial charge < -0.3 is 20.3 Å². The Kier molecular flexibility index (Phi) is 55.8. The zero-order chi connectivity index (χ0) is 49.5. The van der Waals surface area contributed by atoms with Crippen molar-refractivity contribution < 1.29 is 24.5 Å². The molecule has 0 aromatic rings. The Balaban J connectivity index is 4.45. The molecule has 68 heavy (non-hydrogen) atoms. The largest absolute Gasteiger partial charge is 0.462 e. The van der Waals surface area contributed by atoms with E-state index in [4.69, 9.17) is 4.74 Å². The molecule has 0 rings (SSSR count). The second-order valence-electron chi connectivity index (χ2n) is 21.8. The average Bonchev–Trinajstić information content (AvgIpc) is 3.33. The number of esters is 1. The number of hydrogen-bond acceptors (Lipinski definition) is 5. The van der Waals surface area contributed by atoms with Crippen LogP contribution < -0.4 is 5.32 Å². The highest BCUT2D eigenvalue weighted by Gasteiger charge is 2.24. The first-order valence-electron chi connectivity index (χ1n) is 31.3. The first-order valence-corrected chi connectivity index (χ1v) is 31.3. The molecular formula is C62H123NO5. The highest BCUT2D eigenvalue weighted by Crippen LogP contribution is 2.20. The minimum atomic E-state index is -0.781. The molecule has 0 aromatic carbocycles. The minimum absolute atomic E-state index is 0.0890.